The summed E-state index contributed by atoms with van der Waals surface area (Å²) in [5.41, 5.74) is 3.15. The van der Waals surface area contributed by atoms with Gasteiger partial charge < -0.3 is 15.0 Å². The van der Waals surface area contributed by atoms with E-state index in [1.165, 1.54) is 11.1 Å². The molecule has 130 valence electrons. The molecule has 0 aliphatic carbocycles. The maximum Gasteiger partial charge on any atom is 0.250 e. The molecule has 6 heteroatoms. The first-order chi connectivity index (χ1) is 12.1. The molecule has 2 amide bonds. The minimum atomic E-state index is -0.283. The molecule has 0 saturated carbocycles. The summed E-state index contributed by atoms with van der Waals surface area (Å²) in [6.07, 6.45) is 0.852. The Morgan fingerprint density at radius 2 is 1.88 bits per heavy atom. The van der Waals surface area contributed by atoms with Gasteiger partial charge in [-0.25, -0.2) is 0 Å². The molecule has 0 fully saturated rings. The van der Waals surface area contributed by atoms with Crippen LogP contribution in [0, 0.1) is 0 Å². The third-order valence-corrected chi connectivity index (χ3v) is 4.54. The van der Waals surface area contributed by atoms with Crippen molar-refractivity contribution < 1.29 is 14.3 Å². The molecule has 2 aromatic carbocycles. The van der Waals surface area contributed by atoms with Gasteiger partial charge in [-0.2, -0.15) is 0 Å². The van der Waals surface area contributed by atoms with Crippen LogP contribution < -0.4 is 5.32 Å². The molecule has 1 aliphatic rings. The maximum atomic E-state index is 12.3. The highest BCUT2D eigenvalue weighted by atomic mass is 79.9. The fourth-order valence-corrected chi connectivity index (χ4v) is 3.19. The zero-order chi connectivity index (χ0) is 17.6. The van der Waals surface area contributed by atoms with Crippen LogP contribution in [0.2, 0.25) is 0 Å². The van der Waals surface area contributed by atoms with Gasteiger partial charge in [0.15, 0.2) is 0 Å². The maximum absolute atomic E-state index is 12.3. The molecule has 1 N–H and O–H groups in total. The van der Waals surface area contributed by atoms with Crippen molar-refractivity contribution in [2.45, 2.75) is 13.0 Å². The van der Waals surface area contributed by atoms with Crippen LogP contribution in [0.5, 0.6) is 0 Å². The number of anilines is 1. The second-order valence-electron chi connectivity index (χ2n) is 5.89. The van der Waals surface area contributed by atoms with E-state index in [-0.39, 0.29) is 25.0 Å². The van der Waals surface area contributed by atoms with Crippen molar-refractivity contribution in [3.63, 3.8) is 0 Å². The predicted molar refractivity (Wildman–Crippen MR) is 99.2 cm³/mol. The first-order valence-electron chi connectivity index (χ1n) is 8.09. The average molecular weight is 403 g/mol. The summed E-state index contributed by atoms with van der Waals surface area (Å²) in [5.74, 6) is -0.375. The number of fused-ring (bicyclic) bond motifs is 1. The van der Waals surface area contributed by atoms with Gasteiger partial charge >= 0.3 is 0 Å². The number of hydrogen-bond acceptors (Lipinski definition) is 3. The smallest absolute Gasteiger partial charge is 0.250 e. The van der Waals surface area contributed by atoms with Gasteiger partial charge in [0.25, 0.3) is 0 Å². The number of nitrogens with one attached hydrogen (secondary N) is 1. The SMILES string of the molecule is O=C(COCC(=O)N1CCc2ccccc2C1)Nc1cccc(Br)c1. The number of rotatable bonds is 5. The van der Waals surface area contributed by atoms with Crippen LogP contribution in [0.1, 0.15) is 11.1 Å². The Kier molecular flexibility index (Phi) is 5.83. The molecule has 5 nitrogen and oxygen atoms in total. The van der Waals surface area contributed by atoms with Gasteiger partial charge in [0, 0.05) is 23.2 Å². The number of hydrogen-bond donors (Lipinski definition) is 1. The number of amides is 2. The fourth-order valence-electron chi connectivity index (χ4n) is 2.79. The summed E-state index contributed by atoms with van der Waals surface area (Å²) < 4.78 is 6.17. The molecular formula is C19H19BrN2O3. The van der Waals surface area contributed by atoms with Crippen LogP contribution in [0.15, 0.2) is 53.0 Å². The first-order valence-corrected chi connectivity index (χ1v) is 8.89. The van der Waals surface area contributed by atoms with E-state index < -0.39 is 0 Å². The standard InChI is InChI=1S/C19H19BrN2O3/c20-16-6-3-7-17(10-16)21-18(23)12-25-13-19(24)22-9-8-14-4-1-2-5-15(14)11-22/h1-7,10H,8-9,11-13H2,(H,21,23). The Morgan fingerprint density at radius 3 is 2.68 bits per heavy atom. The number of ether oxygens (including phenoxy) is 1. The van der Waals surface area contributed by atoms with Crippen LogP contribution in [-0.2, 0) is 27.3 Å². The number of halogens is 1. The molecule has 1 heterocycles. The highest BCUT2D eigenvalue weighted by Crippen LogP contribution is 2.18. The minimum Gasteiger partial charge on any atom is -0.362 e. The molecular weight excluding hydrogens is 384 g/mol. The third-order valence-electron chi connectivity index (χ3n) is 4.05. The summed E-state index contributed by atoms with van der Waals surface area (Å²) in [5, 5.41) is 2.73. The van der Waals surface area contributed by atoms with Crippen molar-refractivity contribution in [3.05, 3.63) is 64.1 Å². The average Bonchev–Trinajstić information content (AvgIpc) is 2.61. The lowest BCUT2D eigenvalue weighted by atomic mass is 10.00. The summed E-state index contributed by atoms with van der Waals surface area (Å²) in [4.78, 5) is 25.9. The Balaban J connectivity index is 1.43. The predicted octanol–water partition coefficient (Wildman–Crippen LogP) is 2.99. The summed E-state index contributed by atoms with van der Waals surface area (Å²) in [6.45, 7) is 1.04. The van der Waals surface area contributed by atoms with E-state index >= 15 is 0 Å². The van der Waals surface area contributed by atoms with Crippen molar-refractivity contribution in [1.82, 2.24) is 4.90 Å². The molecule has 2 aromatic rings. The highest BCUT2D eigenvalue weighted by molar-refractivity contribution is 9.10. The van der Waals surface area contributed by atoms with Gasteiger partial charge in [-0.05, 0) is 35.7 Å². The Bertz CT molecular complexity index is 779. The van der Waals surface area contributed by atoms with Crippen molar-refractivity contribution in [1.29, 1.82) is 0 Å². The normalized spacial score (nSPS) is 13.2. The van der Waals surface area contributed by atoms with Crippen molar-refractivity contribution >= 4 is 33.4 Å². The van der Waals surface area contributed by atoms with Crippen molar-refractivity contribution in [2.75, 3.05) is 25.1 Å². The van der Waals surface area contributed by atoms with Crippen molar-refractivity contribution in [2.24, 2.45) is 0 Å². The molecule has 0 aromatic heterocycles. The van der Waals surface area contributed by atoms with Gasteiger partial charge in [-0.1, -0.05) is 46.3 Å². The largest absolute Gasteiger partial charge is 0.362 e. The second-order valence-corrected chi connectivity index (χ2v) is 6.80. The molecule has 0 spiro atoms. The molecule has 0 saturated heterocycles. The fraction of sp³-hybridized carbons (Fsp3) is 0.263. The van der Waals surface area contributed by atoms with E-state index in [2.05, 4.69) is 27.3 Å². The van der Waals surface area contributed by atoms with E-state index in [1.807, 2.05) is 30.3 Å². The highest BCUT2D eigenvalue weighted by Gasteiger charge is 2.20. The minimum absolute atomic E-state index is 0.0892. The lowest BCUT2D eigenvalue weighted by Gasteiger charge is -2.28. The zero-order valence-corrected chi connectivity index (χ0v) is 15.3. The quantitative estimate of drug-likeness (QED) is 0.835. The van der Waals surface area contributed by atoms with Crippen molar-refractivity contribution in [3.8, 4) is 0 Å². The van der Waals surface area contributed by atoms with Crippen LogP contribution in [0.4, 0.5) is 5.69 Å². The molecule has 25 heavy (non-hydrogen) atoms. The lowest BCUT2D eigenvalue weighted by molar-refractivity contribution is -0.138. The van der Waals surface area contributed by atoms with Crippen LogP contribution >= 0.6 is 15.9 Å². The van der Waals surface area contributed by atoms with Gasteiger partial charge in [0.1, 0.15) is 13.2 Å². The summed E-state index contributed by atoms with van der Waals surface area (Å²) in [7, 11) is 0. The molecule has 1 aliphatic heterocycles. The third kappa shape index (κ3) is 4.90. The first kappa shape index (κ1) is 17.6. The van der Waals surface area contributed by atoms with E-state index in [0.717, 1.165) is 10.9 Å². The number of carbonyl (C=O) groups excluding carboxylic acids is 2. The van der Waals surface area contributed by atoms with Crippen LogP contribution in [0.3, 0.4) is 0 Å². The Hall–Kier alpha value is -2.18. The lowest BCUT2D eigenvalue weighted by Crippen LogP contribution is -2.38. The van der Waals surface area contributed by atoms with E-state index in [0.29, 0.717) is 18.8 Å². The molecule has 0 atom stereocenters. The molecule has 0 radical (unpaired) electrons. The number of carbonyl (C=O) groups is 2. The topological polar surface area (TPSA) is 58.6 Å². The zero-order valence-electron chi connectivity index (χ0n) is 13.7. The van der Waals surface area contributed by atoms with Gasteiger partial charge in [0.05, 0.1) is 0 Å². The summed E-state index contributed by atoms with van der Waals surface area (Å²) >= 11 is 3.35. The van der Waals surface area contributed by atoms with E-state index in [1.54, 1.807) is 17.0 Å². The van der Waals surface area contributed by atoms with Gasteiger partial charge in [-0.15, -0.1) is 0 Å². The van der Waals surface area contributed by atoms with E-state index in [4.69, 9.17) is 4.74 Å². The number of benzene rings is 2. The second kappa shape index (κ2) is 8.27. The Labute approximate surface area is 155 Å². The molecule has 0 bridgehead atoms. The number of nitrogens with zero attached hydrogens (tertiary/aromatic N) is 1. The summed E-state index contributed by atoms with van der Waals surface area (Å²) in [6, 6.07) is 15.4. The van der Waals surface area contributed by atoms with Crippen LogP contribution in [-0.4, -0.2) is 36.5 Å². The van der Waals surface area contributed by atoms with E-state index in [9.17, 15) is 9.59 Å². The monoisotopic (exact) mass is 402 g/mol. The van der Waals surface area contributed by atoms with Gasteiger partial charge in [0.2, 0.25) is 11.8 Å². The molecule has 3 rings (SSSR count). The molecule has 0 unspecified atom stereocenters. The van der Waals surface area contributed by atoms with Crippen LogP contribution in [0.25, 0.3) is 0 Å². The van der Waals surface area contributed by atoms with Gasteiger partial charge in [-0.3, -0.25) is 9.59 Å². The Morgan fingerprint density at radius 1 is 1.08 bits per heavy atom.